The molecule has 25 heavy (non-hydrogen) atoms. The van der Waals surface area contributed by atoms with E-state index >= 15 is 0 Å². The van der Waals surface area contributed by atoms with Gasteiger partial charge in [0, 0.05) is 23.1 Å². The number of nitrogens with zero attached hydrogens (tertiary/aromatic N) is 2. The van der Waals surface area contributed by atoms with E-state index in [9.17, 15) is 4.79 Å². The van der Waals surface area contributed by atoms with E-state index in [1.165, 1.54) is 11.1 Å². The Bertz CT molecular complexity index is 903. The van der Waals surface area contributed by atoms with Gasteiger partial charge in [-0.05, 0) is 49.9 Å². The summed E-state index contributed by atoms with van der Waals surface area (Å²) in [7, 11) is 0. The molecule has 1 N–H and O–H groups in total. The van der Waals surface area contributed by atoms with Crippen molar-refractivity contribution in [3.63, 3.8) is 0 Å². The smallest absolute Gasteiger partial charge is 0.230 e. The van der Waals surface area contributed by atoms with Crippen LogP contribution in [0.5, 0.6) is 0 Å². The molecule has 0 spiro atoms. The predicted octanol–water partition coefficient (Wildman–Crippen LogP) is 4.82. The average molecular weight is 339 g/mol. The fourth-order valence-corrected chi connectivity index (χ4v) is 3.19. The van der Waals surface area contributed by atoms with Gasteiger partial charge in [-0.15, -0.1) is 0 Å². The van der Waals surface area contributed by atoms with Gasteiger partial charge in [0.05, 0.1) is 18.9 Å². The Morgan fingerprint density at radius 3 is 2.72 bits per heavy atom. The minimum Gasteiger partial charge on any atom is -0.464 e. The first-order chi connectivity index (χ1) is 11.9. The summed E-state index contributed by atoms with van der Waals surface area (Å²) in [6.45, 7) is 10.5. The number of aromatic nitrogens is 2. The standard InChI is InChI=1S/C20H25N3O2/c1-12(2)16-10-17-15(11-25-18(17)8-14(16)5)9-20(24)22-19-6-7-21-23(19)13(3)4/h6-8,10-13H,9H2,1-5H3,(H,22,24). The first-order valence-electron chi connectivity index (χ1n) is 8.70. The molecule has 1 amide bonds. The lowest BCUT2D eigenvalue weighted by molar-refractivity contribution is -0.115. The third-order valence-corrected chi connectivity index (χ3v) is 4.44. The number of carbonyl (C=O) groups is 1. The van der Waals surface area contributed by atoms with Crippen LogP contribution in [0.25, 0.3) is 11.0 Å². The van der Waals surface area contributed by atoms with Gasteiger partial charge in [-0.2, -0.15) is 5.10 Å². The summed E-state index contributed by atoms with van der Waals surface area (Å²) >= 11 is 0. The van der Waals surface area contributed by atoms with Crippen molar-refractivity contribution in [1.29, 1.82) is 0 Å². The van der Waals surface area contributed by atoms with Crippen LogP contribution in [0.3, 0.4) is 0 Å². The molecule has 0 radical (unpaired) electrons. The van der Waals surface area contributed by atoms with E-state index in [0.29, 0.717) is 11.7 Å². The monoisotopic (exact) mass is 339 g/mol. The molecule has 0 aliphatic rings. The van der Waals surface area contributed by atoms with Gasteiger partial charge < -0.3 is 9.73 Å². The maximum atomic E-state index is 12.5. The van der Waals surface area contributed by atoms with Crippen LogP contribution in [-0.4, -0.2) is 15.7 Å². The number of rotatable bonds is 5. The van der Waals surface area contributed by atoms with Gasteiger partial charge in [0.25, 0.3) is 0 Å². The largest absolute Gasteiger partial charge is 0.464 e. The maximum absolute atomic E-state index is 12.5. The van der Waals surface area contributed by atoms with E-state index in [1.807, 2.05) is 19.9 Å². The van der Waals surface area contributed by atoms with Gasteiger partial charge in [-0.25, -0.2) is 4.68 Å². The molecule has 2 aromatic heterocycles. The second-order valence-electron chi connectivity index (χ2n) is 7.10. The number of fused-ring (bicyclic) bond motifs is 1. The number of nitrogens with one attached hydrogen (secondary N) is 1. The first kappa shape index (κ1) is 17.3. The summed E-state index contributed by atoms with van der Waals surface area (Å²) in [5, 5.41) is 8.20. The number of carbonyl (C=O) groups excluding carboxylic acids is 1. The van der Waals surface area contributed by atoms with Gasteiger partial charge in [0.1, 0.15) is 11.4 Å². The highest BCUT2D eigenvalue weighted by Gasteiger charge is 2.15. The van der Waals surface area contributed by atoms with Crippen LogP contribution in [0.4, 0.5) is 5.82 Å². The molecule has 1 aromatic carbocycles. The fraction of sp³-hybridized carbons (Fsp3) is 0.400. The number of benzene rings is 1. The summed E-state index contributed by atoms with van der Waals surface area (Å²) in [5.41, 5.74) is 4.24. The Labute approximate surface area is 148 Å². The topological polar surface area (TPSA) is 60.1 Å². The van der Waals surface area contributed by atoms with Crippen LogP contribution in [-0.2, 0) is 11.2 Å². The van der Waals surface area contributed by atoms with E-state index in [-0.39, 0.29) is 18.4 Å². The molecule has 3 rings (SSSR count). The normalized spacial score (nSPS) is 11.6. The number of amides is 1. The Morgan fingerprint density at radius 2 is 2.04 bits per heavy atom. The van der Waals surface area contributed by atoms with E-state index in [1.54, 1.807) is 17.1 Å². The molecule has 0 aliphatic heterocycles. The Hall–Kier alpha value is -2.56. The molecule has 5 nitrogen and oxygen atoms in total. The summed E-state index contributed by atoms with van der Waals surface area (Å²) in [6.07, 6.45) is 3.66. The van der Waals surface area contributed by atoms with Gasteiger partial charge in [-0.3, -0.25) is 4.79 Å². The summed E-state index contributed by atoms with van der Waals surface area (Å²) in [5.74, 6) is 1.07. The molecule has 0 aliphatic carbocycles. The highest BCUT2D eigenvalue weighted by Crippen LogP contribution is 2.29. The second kappa shape index (κ2) is 6.75. The van der Waals surface area contributed by atoms with Crippen molar-refractivity contribution in [3.05, 3.63) is 47.3 Å². The Kier molecular flexibility index (Phi) is 4.66. The fourth-order valence-electron chi connectivity index (χ4n) is 3.19. The molecule has 0 bridgehead atoms. The van der Waals surface area contributed by atoms with Crippen molar-refractivity contribution in [2.24, 2.45) is 0 Å². The van der Waals surface area contributed by atoms with Crippen LogP contribution in [0.15, 0.2) is 35.1 Å². The molecule has 2 heterocycles. The second-order valence-corrected chi connectivity index (χ2v) is 7.10. The van der Waals surface area contributed by atoms with Crippen LogP contribution in [0, 0.1) is 6.92 Å². The molecule has 0 unspecified atom stereocenters. The Balaban J connectivity index is 1.84. The zero-order valence-corrected chi connectivity index (χ0v) is 15.5. The van der Waals surface area contributed by atoms with E-state index in [4.69, 9.17) is 4.42 Å². The Morgan fingerprint density at radius 1 is 1.28 bits per heavy atom. The summed E-state index contributed by atoms with van der Waals surface area (Å²) in [6, 6.07) is 6.21. The summed E-state index contributed by atoms with van der Waals surface area (Å²) in [4.78, 5) is 12.5. The SMILES string of the molecule is Cc1cc2occ(CC(=O)Nc3ccnn3C(C)C)c2cc1C(C)C. The molecule has 0 saturated heterocycles. The number of hydrogen-bond acceptors (Lipinski definition) is 3. The van der Waals surface area contributed by atoms with E-state index in [2.05, 4.69) is 43.3 Å². The molecule has 0 fully saturated rings. The van der Waals surface area contributed by atoms with Crippen molar-refractivity contribution in [2.45, 2.75) is 53.0 Å². The van der Waals surface area contributed by atoms with Gasteiger partial charge in [-0.1, -0.05) is 13.8 Å². The quantitative estimate of drug-likeness (QED) is 0.725. The minimum absolute atomic E-state index is 0.0724. The number of furan rings is 1. The van der Waals surface area contributed by atoms with Gasteiger partial charge in [0.15, 0.2) is 0 Å². The average Bonchev–Trinajstić information content (AvgIpc) is 3.13. The van der Waals surface area contributed by atoms with Crippen molar-refractivity contribution in [2.75, 3.05) is 5.32 Å². The van der Waals surface area contributed by atoms with Crippen molar-refractivity contribution < 1.29 is 9.21 Å². The highest BCUT2D eigenvalue weighted by molar-refractivity contribution is 5.95. The lowest BCUT2D eigenvalue weighted by Gasteiger charge is -2.12. The molecular formula is C20H25N3O2. The molecule has 3 aromatic rings. The molecule has 0 atom stereocenters. The van der Waals surface area contributed by atoms with Crippen LogP contribution >= 0.6 is 0 Å². The number of hydrogen-bond donors (Lipinski definition) is 1. The van der Waals surface area contributed by atoms with Crippen LogP contribution < -0.4 is 5.32 Å². The minimum atomic E-state index is -0.0724. The van der Waals surface area contributed by atoms with Crippen LogP contribution in [0.1, 0.15) is 56.3 Å². The van der Waals surface area contributed by atoms with Crippen molar-refractivity contribution >= 4 is 22.7 Å². The third kappa shape index (κ3) is 3.45. The van der Waals surface area contributed by atoms with Crippen LogP contribution in [0.2, 0.25) is 0 Å². The molecular weight excluding hydrogens is 314 g/mol. The maximum Gasteiger partial charge on any atom is 0.230 e. The first-order valence-corrected chi connectivity index (χ1v) is 8.70. The van der Waals surface area contributed by atoms with Gasteiger partial charge >= 0.3 is 0 Å². The zero-order chi connectivity index (χ0) is 18.1. The molecule has 0 saturated carbocycles. The lowest BCUT2D eigenvalue weighted by atomic mass is 9.95. The molecule has 132 valence electrons. The van der Waals surface area contributed by atoms with Gasteiger partial charge in [0.2, 0.25) is 5.91 Å². The lowest BCUT2D eigenvalue weighted by Crippen LogP contribution is -2.18. The summed E-state index contributed by atoms with van der Waals surface area (Å²) < 4.78 is 7.46. The predicted molar refractivity (Wildman–Crippen MR) is 100.0 cm³/mol. The highest BCUT2D eigenvalue weighted by atomic mass is 16.3. The van der Waals surface area contributed by atoms with Crippen molar-refractivity contribution in [1.82, 2.24) is 9.78 Å². The molecule has 5 heteroatoms. The zero-order valence-electron chi connectivity index (χ0n) is 15.5. The van der Waals surface area contributed by atoms with Crippen molar-refractivity contribution in [3.8, 4) is 0 Å². The number of aryl methyl sites for hydroxylation is 1. The third-order valence-electron chi connectivity index (χ3n) is 4.44. The van der Waals surface area contributed by atoms with E-state index < -0.39 is 0 Å². The number of anilines is 1. The van der Waals surface area contributed by atoms with E-state index in [0.717, 1.165) is 16.5 Å².